The zero-order chi connectivity index (χ0) is 15.2. The van der Waals surface area contributed by atoms with Crippen LogP contribution in [0.1, 0.15) is 46.0 Å². The number of amides is 2. The summed E-state index contributed by atoms with van der Waals surface area (Å²) in [5.74, 6) is 0.585. The molecule has 1 aliphatic rings. The Balaban J connectivity index is 1.89. The highest BCUT2D eigenvalue weighted by molar-refractivity contribution is 5.93. The van der Waals surface area contributed by atoms with E-state index in [0.717, 1.165) is 25.7 Å². The molecule has 1 saturated carbocycles. The predicted molar refractivity (Wildman–Crippen MR) is 82.9 cm³/mol. The fraction of sp³-hybridized carbons (Fsp3) is 0.562. The Labute approximate surface area is 125 Å². The van der Waals surface area contributed by atoms with Gasteiger partial charge in [0.1, 0.15) is 5.82 Å². The van der Waals surface area contributed by atoms with Gasteiger partial charge in [0.05, 0.1) is 11.9 Å². The highest BCUT2D eigenvalue weighted by atomic mass is 16.2. The van der Waals surface area contributed by atoms with Gasteiger partial charge in [-0.05, 0) is 25.0 Å². The lowest BCUT2D eigenvalue weighted by atomic mass is 9.89. The van der Waals surface area contributed by atoms with E-state index in [0.29, 0.717) is 11.5 Å². The predicted octanol–water partition coefficient (Wildman–Crippen LogP) is 3.19. The third-order valence-corrected chi connectivity index (χ3v) is 3.78. The fourth-order valence-electron chi connectivity index (χ4n) is 2.42. The third-order valence-electron chi connectivity index (χ3n) is 3.78. The summed E-state index contributed by atoms with van der Waals surface area (Å²) < 4.78 is 0. The lowest BCUT2D eigenvalue weighted by molar-refractivity contribution is -0.121. The standard InChI is InChI=1S/C16H23N3O2/c1-11(2)15(20)18-13-8-9-14(17-10-13)19-16(21)12-6-4-3-5-7-12/h8-12H,3-7H2,1-2H3,(H,18,20)(H,17,19,21). The summed E-state index contributed by atoms with van der Waals surface area (Å²) in [6, 6.07) is 3.47. The topological polar surface area (TPSA) is 71.1 Å². The van der Waals surface area contributed by atoms with Crippen molar-refractivity contribution in [2.75, 3.05) is 10.6 Å². The molecule has 1 aromatic rings. The number of pyridine rings is 1. The SMILES string of the molecule is CC(C)C(=O)Nc1ccc(NC(=O)C2CCCCC2)nc1. The van der Waals surface area contributed by atoms with Gasteiger partial charge in [-0.15, -0.1) is 0 Å². The number of aromatic nitrogens is 1. The summed E-state index contributed by atoms with van der Waals surface area (Å²) in [7, 11) is 0. The van der Waals surface area contributed by atoms with Crippen LogP contribution in [-0.4, -0.2) is 16.8 Å². The molecule has 0 unspecified atom stereocenters. The minimum absolute atomic E-state index is 0.0456. The second-order valence-corrected chi connectivity index (χ2v) is 5.90. The Morgan fingerprint density at radius 3 is 2.43 bits per heavy atom. The lowest BCUT2D eigenvalue weighted by Crippen LogP contribution is -2.25. The Morgan fingerprint density at radius 2 is 1.86 bits per heavy atom. The van der Waals surface area contributed by atoms with Crippen molar-refractivity contribution in [2.45, 2.75) is 46.0 Å². The summed E-state index contributed by atoms with van der Waals surface area (Å²) in [6.45, 7) is 3.67. The van der Waals surface area contributed by atoms with E-state index in [1.54, 1.807) is 18.3 Å². The van der Waals surface area contributed by atoms with Crippen molar-refractivity contribution in [1.82, 2.24) is 4.98 Å². The molecule has 0 atom stereocenters. The summed E-state index contributed by atoms with van der Waals surface area (Å²) >= 11 is 0. The first-order valence-electron chi connectivity index (χ1n) is 7.64. The van der Waals surface area contributed by atoms with E-state index < -0.39 is 0 Å². The molecule has 0 saturated heterocycles. The maximum atomic E-state index is 12.1. The first-order chi connectivity index (χ1) is 10.1. The van der Waals surface area contributed by atoms with Gasteiger partial charge in [0, 0.05) is 11.8 Å². The smallest absolute Gasteiger partial charge is 0.228 e. The summed E-state index contributed by atoms with van der Waals surface area (Å²) in [5.41, 5.74) is 0.643. The van der Waals surface area contributed by atoms with Crippen LogP contribution in [0, 0.1) is 11.8 Å². The molecule has 114 valence electrons. The van der Waals surface area contributed by atoms with Crippen molar-refractivity contribution in [2.24, 2.45) is 11.8 Å². The molecule has 2 amide bonds. The summed E-state index contributed by atoms with van der Waals surface area (Å²) in [4.78, 5) is 27.9. The maximum absolute atomic E-state index is 12.1. The lowest BCUT2D eigenvalue weighted by Gasteiger charge is -2.20. The van der Waals surface area contributed by atoms with Crippen molar-refractivity contribution in [3.63, 3.8) is 0 Å². The zero-order valence-corrected chi connectivity index (χ0v) is 12.7. The molecule has 0 radical (unpaired) electrons. The molecule has 2 N–H and O–H groups in total. The number of carbonyl (C=O) groups is 2. The van der Waals surface area contributed by atoms with E-state index >= 15 is 0 Å². The molecule has 0 aliphatic heterocycles. The van der Waals surface area contributed by atoms with Gasteiger partial charge in [0.15, 0.2) is 0 Å². The minimum atomic E-state index is -0.0734. The highest BCUT2D eigenvalue weighted by Gasteiger charge is 2.21. The average Bonchev–Trinajstić information content (AvgIpc) is 2.50. The van der Waals surface area contributed by atoms with Crippen LogP contribution < -0.4 is 10.6 Å². The molecule has 0 spiro atoms. The van der Waals surface area contributed by atoms with Gasteiger partial charge in [-0.3, -0.25) is 9.59 Å². The molecule has 5 heteroatoms. The first kappa shape index (κ1) is 15.5. The van der Waals surface area contributed by atoms with Gasteiger partial charge in [-0.2, -0.15) is 0 Å². The Hall–Kier alpha value is -1.91. The summed E-state index contributed by atoms with van der Waals surface area (Å²) in [5, 5.41) is 5.62. The van der Waals surface area contributed by atoms with Crippen molar-refractivity contribution in [3.05, 3.63) is 18.3 Å². The van der Waals surface area contributed by atoms with Gasteiger partial charge >= 0.3 is 0 Å². The fourth-order valence-corrected chi connectivity index (χ4v) is 2.42. The summed E-state index contributed by atoms with van der Waals surface area (Å²) in [6.07, 6.45) is 6.99. The van der Waals surface area contributed by atoms with Crippen LogP contribution in [0.4, 0.5) is 11.5 Å². The van der Waals surface area contributed by atoms with Crippen molar-refractivity contribution >= 4 is 23.3 Å². The molecule has 2 rings (SSSR count). The molecule has 1 aliphatic carbocycles. The minimum Gasteiger partial charge on any atom is -0.325 e. The van der Waals surface area contributed by atoms with E-state index in [1.165, 1.54) is 6.42 Å². The Morgan fingerprint density at radius 1 is 1.14 bits per heavy atom. The number of nitrogens with zero attached hydrogens (tertiary/aromatic N) is 1. The zero-order valence-electron chi connectivity index (χ0n) is 12.7. The molecule has 1 aromatic heterocycles. The largest absolute Gasteiger partial charge is 0.325 e. The number of hydrogen-bond acceptors (Lipinski definition) is 3. The number of anilines is 2. The van der Waals surface area contributed by atoms with E-state index in [4.69, 9.17) is 0 Å². The van der Waals surface area contributed by atoms with Gasteiger partial charge in [0.25, 0.3) is 0 Å². The van der Waals surface area contributed by atoms with Gasteiger partial charge < -0.3 is 10.6 Å². The van der Waals surface area contributed by atoms with E-state index in [1.807, 2.05) is 13.8 Å². The van der Waals surface area contributed by atoms with Gasteiger partial charge in [-0.1, -0.05) is 33.1 Å². The van der Waals surface area contributed by atoms with Gasteiger partial charge in [-0.25, -0.2) is 4.98 Å². The highest BCUT2D eigenvalue weighted by Crippen LogP contribution is 2.24. The van der Waals surface area contributed by atoms with Gasteiger partial charge in [0.2, 0.25) is 11.8 Å². The first-order valence-corrected chi connectivity index (χ1v) is 7.64. The van der Waals surface area contributed by atoms with Crippen LogP contribution in [-0.2, 0) is 9.59 Å². The number of rotatable bonds is 4. The van der Waals surface area contributed by atoms with Crippen LogP contribution in [0.25, 0.3) is 0 Å². The average molecular weight is 289 g/mol. The molecule has 5 nitrogen and oxygen atoms in total. The van der Waals surface area contributed by atoms with Crippen molar-refractivity contribution in [3.8, 4) is 0 Å². The monoisotopic (exact) mass is 289 g/mol. The van der Waals surface area contributed by atoms with Crippen molar-refractivity contribution < 1.29 is 9.59 Å². The van der Waals surface area contributed by atoms with Crippen LogP contribution >= 0.6 is 0 Å². The number of nitrogens with one attached hydrogen (secondary N) is 2. The maximum Gasteiger partial charge on any atom is 0.228 e. The van der Waals surface area contributed by atoms with Crippen LogP contribution in [0.2, 0.25) is 0 Å². The third kappa shape index (κ3) is 4.55. The second-order valence-electron chi connectivity index (χ2n) is 5.90. The normalized spacial score (nSPS) is 15.8. The molecule has 21 heavy (non-hydrogen) atoms. The molecule has 1 fully saturated rings. The molecule has 0 aromatic carbocycles. The quantitative estimate of drug-likeness (QED) is 0.894. The molecule has 0 bridgehead atoms. The molecular formula is C16H23N3O2. The van der Waals surface area contributed by atoms with E-state index in [2.05, 4.69) is 15.6 Å². The second kappa shape index (κ2) is 7.20. The molecule has 1 heterocycles. The van der Waals surface area contributed by atoms with Crippen LogP contribution in [0.5, 0.6) is 0 Å². The van der Waals surface area contributed by atoms with Crippen LogP contribution in [0.3, 0.4) is 0 Å². The van der Waals surface area contributed by atoms with Crippen LogP contribution in [0.15, 0.2) is 18.3 Å². The Bertz CT molecular complexity index is 491. The number of carbonyl (C=O) groups excluding carboxylic acids is 2. The molecular weight excluding hydrogens is 266 g/mol. The number of hydrogen-bond donors (Lipinski definition) is 2. The van der Waals surface area contributed by atoms with E-state index in [-0.39, 0.29) is 23.7 Å². The van der Waals surface area contributed by atoms with Crippen molar-refractivity contribution in [1.29, 1.82) is 0 Å². The van der Waals surface area contributed by atoms with E-state index in [9.17, 15) is 9.59 Å². The Kier molecular flexibility index (Phi) is 5.31.